The van der Waals surface area contributed by atoms with Crippen molar-refractivity contribution in [2.45, 2.75) is 45.4 Å². The summed E-state index contributed by atoms with van der Waals surface area (Å²) in [6, 6.07) is 0. The lowest BCUT2D eigenvalue weighted by Gasteiger charge is -2.51. The van der Waals surface area contributed by atoms with Gasteiger partial charge in [-0.1, -0.05) is 6.58 Å². The van der Waals surface area contributed by atoms with Crippen molar-refractivity contribution in [2.75, 3.05) is 19.4 Å². The minimum atomic E-state index is -0.311. The first-order valence-electron chi connectivity index (χ1n) is 9.36. The lowest BCUT2D eigenvalue weighted by molar-refractivity contribution is -0.162. The Morgan fingerprint density at radius 2 is 1.96 bits per heavy atom. The number of nitrogens with two attached hydrogens (primary N) is 1. The quantitative estimate of drug-likeness (QED) is 0.526. The van der Waals surface area contributed by atoms with Crippen LogP contribution in [-0.2, 0) is 14.3 Å². The number of amides is 1. The van der Waals surface area contributed by atoms with E-state index in [4.69, 9.17) is 10.5 Å². The number of fused-ring (bicyclic) bond motifs is 3. The van der Waals surface area contributed by atoms with Gasteiger partial charge in [-0.25, -0.2) is 4.99 Å². The number of esters is 1. The standard InChI is InChI=1S/C20H28N4O3/c1-4-22-16(15-13(2)14(21)11-23-15)17(25)24-12-19-5-8-20(9-6-19,10-7-19)18(26)27-3/h4,11,23H,1,5-10,12,21H2,2-3H3,(H,24,25). The largest absolute Gasteiger partial charge is 0.469 e. The number of aliphatic imine (C=N–C) groups is 1. The molecular formula is C20H28N4O3. The molecule has 1 heterocycles. The van der Waals surface area contributed by atoms with Crippen LogP contribution in [0.1, 0.15) is 49.8 Å². The van der Waals surface area contributed by atoms with Gasteiger partial charge in [0.05, 0.1) is 23.9 Å². The van der Waals surface area contributed by atoms with Crippen molar-refractivity contribution in [3.05, 3.63) is 30.2 Å². The Morgan fingerprint density at radius 1 is 1.33 bits per heavy atom. The van der Waals surface area contributed by atoms with E-state index in [-0.39, 0.29) is 28.4 Å². The first-order valence-corrected chi connectivity index (χ1v) is 9.36. The number of nitrogen functional groups attached to an aromatic ring is 1. The zero-order valence-electron chi connectivity index (χ0n) is 16.1. The van der Waals surface area contributed by atoms with E-state index in [1.807, 2.05) is 6.92 Å². The number of rotatable bonds is 6. The van der Waals surface area contributed by atoms with Gasteiger partial charge in [-0.15, -0.1) is 0 Å². The van der Waals surface area contributed by atoms with E-state index in [0.717, 1.165) is 44.1 Å². The minimum absolute atomic E-state index is 0.0501. The molecule has 0 radical (unpaired) electrons. The summed E-state index contributed by atoms with van der Waals surface area (Å²) < 4.78 is 5.01. The molecule has 1 aromatic rings. The van der Waals surface area contributed by atoms with E-state index in [1.54, 1.807) is 6.20 Å². The van der Waals surface area contributed by atoms with Gasteiger partial charge in [-0.05, 0) is 56.4 Å². The average molecular weight is 372 g/mol. The summed E-state index contributed by atoms with van der Waals surface area (Å²) in [6.07, 6.45) is 8.26. The predicted octanol–water partition coefficient (Wildman–Crippen LogP) is 2.47. The third kappa shape index (κ3) is 3.38. The van der Waals surface area contributed by atoms with Crippen LogP contribution in [0.4, 0.5) is 5.69 Å². The molecule has 27 heavy (non-hydrogen) atoms. The summed E-state index contributed by atoms with van der Waals surface area (Å²) in [7, 11) is 1.46. The van der Waals surface area contributed by atoms with Crippen molar-refractivity contribution < 1.29 is 14.3 Å². The lowest BCUT2D eigenvalue weighted by atomic mass is 9.53. The van der Waals surface area contributed by atoms with Crippen LogP contribution in [0.2, 0.25) is 0 Å². The third-order valence-corrected chi connectivity index (χ3v) is 6.50. The highest BCUT2D eigenvalue weighted by molar-refractivity contribution is 6.45. The number of carbonyl (C=O) groups is 2. The second kappa shape index (κ2) is 7.21. The van der Waals surface area contributed by atoms with Crippen LogP contribution in [0.15, 0.2) is 24.0 Å². The summed E-state index contributed by atoms with van der Waals surface area (Å²) in [5.41, 5.74) is 7.90. The van der Waals surface area contributed by atoms with Gasteiger partial charge in [0.2, 0.25) is 0 Å². The number of carbonyl (C=O) groups excluding carboxylic acids is 2. The Bertz CT molecular complexity index is 769. The van der Waals surface area contributed by atoms with E-state index in [9.17, 15) is 9.59 Å². The smallest absolute Gasteiger partial charge is 0.311 e. The molecule has 0 unspecified atom stereocenters. The number of hydrogen-bond acceptors (Lipinski definition) is 5. The molecular weight excluding hydrogens is 344 g/mol. The number of aromatic nitrogens is 1. The van der Waals surface area contributed by atoms with Crippen LogP contribution in [0.25, 0.3) is 0 Å². The Hall–Kier alpha value is -2.57. The number of hydrogen-bond donors (Lipinski definition) is 3. The molecule has 3 aliphatic rings. The normalized spacial score (nSPS) is 27.3. The molecule has 7 nitrogen and oxygen atoms in total. The Morgan fingerprint density at radius 3 is 2.44 bits per heavy atom. The molecule has 146 valence electrons. The summed E-state index contributed by atoms with van der Waals surface area (Å²) >= 11 is 0. The topological polar surface area (TPSA) is 110 Å². The van der Waals surface area contributed by atoms with Gasteiger partial charge >= 0.3 is 5.97 Å². The lowest BCUT2D eigenvalue weighted by Crippen LogP contribution is -2.51. The van der Waals surface area contributed by atoms with E-state index in [2.05, 4.69) is 21.9 Å². The number of anilines is 1. The summed E-state index contributed by atoms with van der Waals surface area (Å²) in [4.78, 5) is 32.1. The number of methoxy groups -OCH3 is 1. The molecule has 4 rings (SSSR count). The van der Waals surface area contributed by atoms with Gasteiger partial charge in [0.1, 0.15) is 0 Å². The number of aromatic amines is 1. The average Bonchev–Trinajstić information content (AvgIpc) is 3.03. The minimum Gasteiger partial charge on any atom is -0.469 e. The molecule has 0 spiro atoms. The Kier molecular flexibility index (Phi) is 5.13. The summed E-state index contributed by atoms with van der Waals surface area (Å²) in [6.45, 7) is 6.03. The highest BCUT2D eigenvalue weighted by atomic mass is 16.5. The molecule has 7 heteroatoms. The second-order valence-corrected chi connectivity index (χ2v) is 7.86. The molecule has 1 amide bonds. The van der Waals surface area contributed by atoms with Crippen molar-refractivity contribution >= 4 is 23.3 Å². The van der Waals surface area contributed by atoms with E-state index in [1.165, 1.54) is 13.3 Å². The van der Waals surface area contributed by atoms with E-state index < -0.39 is 0 Å². The maximum absolute atomic E-state index is 12.8. The van der Waals surface area contributed by atoms with Gasteiger partial charge in [0.25, 0.3) is 5.91 Å². The van der Waals surface area contributed by atoms with Crippen LogP contribution < -0.4 is 11.1 Å². The van der Waals surface area contributed by atoms with E-state index >= 15 is 0 Å². The first kappa shape index (κ1) is 19.2. The molecule has 4 N–H and O–H groups in total. The second-order valence-electron chi connectivity index (χ2n) is 7.86. The fraction of sp³-hybridized carbons (Fsp3) is 0.550. The highest BCUT2D eigenvalue weighted by Gasteiger charge is 2.53. The number of ether oxygens (including phenoxy) is 1. The third-order valence-electron chi connectivity index (χ3n) is 6.50. The maximum atomic E-state index is 12.8. The van der Waals surface area contributed by atoms with Gasteiger partial charge in [0, 0.05) is 18.9 Å². The Labute approximate surface area is 159 Å². The molecule has 0 saturated heterocycles. The molecule has 3 aliphatic carbocycles. The van der Waals surface area contributed by atoms with Gasteiger partial charge in [-0.2, -0.15) is 0 Å². The SMILES string of the molecule is C=CN=C(C(=O)NCC12CCC(C(=O)OC)(CC1)CC2)c1[nH]cc(N)c1C. The fourth-order valence-electron chi connectivity index (χ4n) is 4.49. The van der Waals surface area contributed by atoms with Gasteiger partial charge < -0.3 is 20.8 Å². The highest BCUT2D eigenvalue weighted by Crippen LogP contribution is 2.57. The number of nitrogens with zero attached hydrogens (tertiary/aromatic N) is 1. The van der Waals surface area contributed by atoms with Gasteiger partial charge in [0.15, 0.2) is 5.71 Å². The number of nitrogens with one attached hydrogen (secondary N) is 2. The van der Waals surface area contributed by atoms with Crippen LogP contribution in [0.3, 0.4) is 0 Å². The fourth-order valence-corrected chi connectivity index (χ4v) is 4.49. The Balaban J connectivity index is 1.67. The molecule has 0 aliphatic heterocycles. The molecule has 2 bridgehead atoms. The van der Waals surface area contributed by atoms with E-state index in [0.29, 0.717) is 17.9 Å². The maximum Gasteiger partial charge on any atom is 0.311 e. The van der Waals surface area contributed by atoms with Crippen LogP contribution in [0, 0.1) is 17.8 Å². The van der Waals surface area contributed by atoms with Crippen molar-refractivity contribution in [3.8, 4) is 0 Å². The molecule has 3 fully saturated rings. The van der Waals surface area contributed by atoms with Gasteiger partial charge in [-0.3, -0.25) is 9.59 Å². The summed E-state index contributed by atoms with van der Waals surface area (Å²) in [5, 5.41) is 3.05. The van der Waals surface area contributed by atoms with Crippen LogP contribution >= 0.6 is 0 Å². The number of H-pyrrole nitrogens is 1. The van der Waals surface area contributed by atoms with Crippen molar-refractivity contribution in [3.63, 3.8) is 0 Å². The van der Waals surface area contributed by atoms with Crippen molar-refractivity contribution in [1.82, 2.24) is 10.3 Å². The van der Waals surface area contributed by atoms with Crippen LogP contribution in [-0.4, -0.2) is 36.2 Å². The van der Waals surface area contributed by atoms with Crippen molar-refractivity contribution in [1.29, 1.82) is 0 Å². The van der Waals surface area contributed by atoms with Crippen molar-refractivity contribution in [2.24, 2.45) is 15.8 Å². The molecule has 0 aromatic carbocycles. The summed E-state index contributed by atoms with van der Waals surface area (Å²) in [5.74, 6) is -0.329. The molecule has 1 aromatic heterocycles. The first-order chi connectivity index (χ1) is 12.9. The zero-order chi connectivity index (χ0) is 19.7. The molecule has 3 saturated carbocycles. The monoisotopic (exact) mass is 372 g/mol. The molecule has 0 atom stereocenters. The predicted molar refractivity (Wildman–Crippen MR) is 104 cm³/mol. The zero-order valence-corrected chi connectivity index (χ0v) is 16.1. The van der Waals surface area contributed by atoms with Crippen LogP contribution in [0.5, 0.6) is 0 Å².